The van der Waals surface area contributed by atoms with Crippen molar-refractivity contribution < 1.29 is 9.18 Å². The second-order valence-corrected chi connectivity index (χ2v) is 5.09. The van der Waals surface area contributed by atoms with Crippen molar-refractivity contribution in [2.24, 2.45) is 0 Å². The predicted molar refractivity (Wildman–Crippen MR) is 75.1 cm³/mol. The minimum atomic E-state index is -0.324. The van der Waals surface area contributed by atoms with Gasteiger partial charge in [0.2, 0.25) is 0 Å². The standard InChI is InChI=1S/C13H12FIN2O/c1-2-17-8-9(7-16-17)5-13(18)11-4-3-10(14)6-12(11)15/h3-4,6-8H,2,5H2,1H3. The lowest BCUT2D eigenvalue weighted by Gasteiger charge is -2.02. The number of aromatic nitrogens is 2. The molecule has 0 atom stereocenters. The van der Waals surface area contributed by atoms with Crippen molar-refractivity contribution >= 4 is 28.4 Å². The maximum Gasteiger partial charge on any atom is 0.168 e. The summed E-state index contributed by atoms with van der Waals surface area (Å²) in [5.74, 6) is -0.343. The molecule has 0 saturated carbocycles. The molecular weight excluding hydrogens is 346 g/mol. The minimum Gasteiger partial charge on any atom is -0.294 e. The van der Waals surface area contributed by atoms with Crippen LogP contribution in [0.25, 0.3) is 0 Å². The van der Waals surface area contributed by atoms with E-state index in [0.717, 1.165) is 12.1 Å². The molecule has 0 amide bonds. The van der Waals surface area contributed by atoms with E-state index in [9.17, 15) is 9.18 Å². The topological polar surface area (TPSA) is 34.9 Å². The van der Waals surface area contributed by atoms with Gasteiger partial charge in [0.1, 0.15) is 5.82 Å². The molecule has 2 aromatic rings. The highest BCUT2D eigenvalue weighted by atomic mass is 127. The third-order valence-corrected chi connectivity index (χ3v) is 3.50. The zero-order chi connectivity index (χ0) is 13.1. The molecule has 5 heteroatoms. The van der Waals surface area contributed by atoms with Gasteiger partial charge >= 0.3 is 0 Å². The summed E-state index contributed by atoms with van der Waals surface area (Å²) in [6.07, 6.45) is 3.84. The Kier molecular flexibility index (Phi) is 4.11. The quantitative estimate of drug-likeness (QED) is 0.622. The van der Waals surface area contributed by atoms with E-state index in [1.807, 2.05) is 35.7 Å². The van der Waals surface area contributed by atoms with Gasteiger partial charge in [-0.3, -0.25) is 9.48 Å². The minimum absolute atomic E-state index is 0.0185. The number of carbonyl (C=O) groups excluding carboxylic acids is 1. The number of hydrogen-bond donors (Lipinski definition) is 0. The number of halogens is 2. The Morgan fingerprint density at radius 1 is 1.50 bits per heavy atom. The molecule has 0 aliphatic rings. The van der Waals surface area contributed by atoms with E-state index in [1.165, 1.54) is 18.2 Å². The van der Waals surface area contributed by atoms with Gasteiger partial charge in [-0.15, -0.1) is 0 Å². The molecule has 1 aromatic heterocycles. The Labute approximate surface area is 118 Å². The Bertz CT molecular complexity index is 580. The van der Waals surface area contributed by atoms with Crippen LogP contribution in [0.3, 0.4) is 0 Å². The lowest BCUT2D eigenvalue weighted by Crippen LogP contribution is -2.05. The number of ketones is 1. The van der Waals surface area contributed by atoms with Crippen molar-refractivity contribution in [3.05, 3.63) is 51.1 Å². The van der Waals surface area contributed by atoms with Gasteiger partial charge in [-0.1, -0.05) is 0 Å². The summed E-state index contributed by atoms with van der Waals surface area (Å²) >= 11 is 1.97. The second kappa shape index (κ2) is 5.60. The predicted octanol–water partition coefficient (Wildman–Crippen LogP) is 3.07. The van der Waals surface area contributed by atoms with Crippen molar-refractivity contribution in [3.8, 4) is 0 Å². The average Bonchev–Trinajstić information content (AvgIpc) is 2.76. The lowest BCUT2D eigenvalue weighted by molar-refractivity contribution is 0.0992. The normalized spacial score (nSPS) is 10.6. The van der Waals surface area contributed by atoms with Crippen LogP contribution in [0.2, 0.25) is 0 Å². The van der Waals surface area contributed by atoms with Gasteiger partial charge in [0.25, 0.3) is 0 Å². The third kappa shape index (κ3) is 2.95. The number of aryl methyl sites for hydroxylation is 1. The van der Waals surface area contributed by atoms with E-state index in [-0.39, 0.29) is 11.6 Å². The van der Waals surface area contributed by atoms with Crippen LogP contribution in [0.15, 0.2) is 30.6 Å². The first-order valence-electron chi connectivity index (χ1n) is 5.59. The first kappa shape index (κ1) is 13.2. The fourth-order valence-electron chi connectivity index (χ4n) is 1.67. The Morgan fingerprint density at radius 2 is 2.28 bits per heavy atom. The van der Waals surface area contributed by atoms with Gasteiger partial charge in [0, 0.05) is 28.3 Å². The molecule has 0 unspecified atom stereocenters. The highest BCUT2D eigenvalue weighted by Crippen LogP contribution is 2.16. The second-order valence-electron chi connectivity index (χ2n) is 3.93. The van der Waals surface area contributed by atoms with Crippen LogP contribution in [-0.2, 0) is 13.0 Å². The zero-order valence-electron chi connectivity index (χ0n) is 9.86. The molecule has 0 saturated heterocycles. The molecule has 0 aliphatic carbocycles. The number of carbonyl (C=O) groups is 1. The van der Waals surface area contributed by atoms with Crippen molar-refractivity contribution in [3.63, 3.8) is 0 Å². The summed E-state index contributed by atoms with van der Waals surface area (Å²) in [5.41, 5.74) is 1.43. The third-order valence-electron chi connectivity index (χ3n) is 2.61. The van der Waals surface area contributed by atoms with E-state index >= 15 is 0 Å². The fourth-order valence-corrected chi connectivity index (χ4v) is 2.44. The summed E-state index contributed by atoms with van der Waals surface area (Å²) in [5, 5.41) is 4.12. The van der Waals surface area contributed by atoms with Gasteiger partial charge in [-0.2, -0.15) is 5.10 Å². The smallest absolute Gasteiger partial charge is 0.168 e. The zero-order valence-corrected chi connectivity index (χ0v) is 12.0. The molecule has 0 radical (unpaired) electrons. The van der Waals surface area contributed by atoms with Crippen LogP contribution in [-0.4, -0.2) is 15.6 Å². The van der Waals surface area contributed by atoms with Crippen LogP contribution in [0, 0.1) is 9.39 Å². The molecule has 2 rings (SSSR count). The summed E-state index contributed by atoms with van der Waals surface area (Å²) in [6, 6.07) is 4.21. The maximum atomic E-state index is 13.0. The first-order valence-corrected chi connectivity index (χ1v) is 6.67. The van der Waals surface area contributed by atoms with Crippen molar-refractivity contribution in [1.29, 1.82) is 0 Å². The van der Waals surface area contributed by atoms with Crippen molar-refractivity contribution in [2.75, 3.05) is 0 Å². The van der Waals surface area contributed by atoms with Crippen LogP contribution >= 0.6 is 22.6 Å². The van der Waals surface area contributed by atoms with Gasteiger partial charge in [0.05, 0.1) is 6.20 Å². The van der Waals surface area contributed by atoms with Gasteiger partial charge in [-0.05, 0) is 53.3 Å². The fraction of sp³-hybridized carbons (Fsp3) is 0.231. The van der Waals surface area contributed by atoms with Gasteiger partial charge in [0.15, 0.2) is 5.78 Å². The maximum absolute atomic E-state index is 13.0. The lowest BCUT2D eigenvalue weighted by atomic mass is 10.1. The van der Waals surface area contributed by atoms with Crippen LogP contribution < -0.4 is 0 Å². The molecule has 1 heterocycles. The average molecular weight is 358 g/mol. The van der Waals surface area contributed by atoms with Gasteiger partial charge < -0.3 is 0 Å². The Morgan fingerprint density at radius 3 is 2.89 bits per heavy atom. The van der Waals surface area contributed by atoms with Crippen molar-refractivity contribution in [1.82, 2.24) is 9.78 Å². The van der Waals surface area contributed by atoms with E-state index < -0.39 is 0 Å². The molecule has 0 fully saturated rings. The summed E-state index contributed by atoms with van der Waals surface area (Å²) < 4.78 is 15.4. The summed E-state index contributed by atoms with van der Waals surface area (Å²) in [7, 11) is 0. The number of rotatable bonds is 4. The van der Waals surface area contributed by atoms with Gasteiger partial charge in [-0.25, -0.2) is 4.39 Å². The van der Waals surface area contributed by atoms with E-state index in [2.05, 4.69) is 5.10 Å². The van der Waals surface area contributed by atoms with Crippen molar-refractivity contribution in [2.45, 2.75) is 19.9 Å². The molecule has 3 nitrogen and oxygen atoms in total. The van der Waals surface area contributed by atoms with Crippen LogP contribution in [0.1, 0.15) is 22.8 Å². The highest BCUT2D eigenvalue weighted by Gasteiger charge is 2.12. The molecule has 94 valence electrons. The molecular formula is C13H12FIN2O. The van der Waals surface area contributed by atoms with E-state index in [4.69, 9.17) is 0 Å². The molecule has 1 aromatic carbocycles. The number of nitrogens with zero attached hydrogens (tertiary/aromatic N) is 2. The number of hydrogen-bond acceptors (Lipinski definition) is 2. The van der Waals surface area contributed by atoms with Crippen LogP contribution in [0.5, 0.6) is 0 Å². The molecule has 0 aliphatic heterocycles. The highest BCUT2D eigenvalue weighted by molar-refractivity contribution is 14.1. The first-order chi connectivity index (χ1) is 8.60. The Balaban J connectivity index is 2.16. The summed E-state index contributed by atoms with van der Waals surface area (Å²) in [6.45, 7) is 2.77. The van der Waals surface area contributed by atoms with E-state index in [1.54, 1.807) is 10.9 Å². The largest absolute Gasteiger partial charge is 0.294 e. The SMILES string of the molecule is CCn1cc(CC(=O)c2ccc(F)cc2I)cn1. The number of benzene rings is 1. The number of Topliss-reactive ketones (excluding diaryl/α,β-unsaturated/α-hetero) is 1. The molecule has 18 heavy (non-hydrogen) atoms. The monoisotopic (exact) mass is 358 g/mol. The summed E-state index contributed by atoms with van der Waals surface area (Å²) in [4.78, 5) is 12.1. The molecule has 0 spiro atoms. The van der Waals surface area contributed by atoms with Crippen LogP contribution in [0.4, 0.5) is 4.39 Å². The van der Waals surface area contributed by atoms with E-state index in [0.29, 0.717) is 15.6 Å². The Hall–Kier alpha value is -1.24. The molecule has 0 N–H and O–H groups in total. The molecule has 0 bridgehead atoms.